The van der Waals surface area contributed by atoms with Gasteiger partial charge in [-0.25, -0.2) is 0 Å². The number of nitrogens with one attached hydrogen (secondary N) is 1. The van der Waals surface area contributed by atoms with Gasteiger partial charge in [0.05, 0.1) is 6.04 Å². The van der Waals surface area contributed by atoms with Gasteiger partial charge in [-0.2, -0.15) is 0 Å². The molecule has 1 saturated heterocycles. The minimum absolute atomic E-state index is 0.317. The molecule has 2 fully saturated rings. The average molecular weight is 254 g/mol. The summed E-state index contributed by atoms with van der Waals surface area (Å²) < 4.78 is 0. The zero-order valence-corrected chi connectivity index (χ0v) is 12.5. The summed E-state index contributed by atoms with van der Waals surface area (Å²) in [6, 6.07) is 0.560. The molecule has 1 unspecified atom stereocenters. The molecule has 1 N–H and O–H groups in total. The highest BCUT2D eigenvalue weighted by Crippen LogP contribution is 2.39. The molecule has 0 bridgehead atoms. The van der Waals surface area contributed by atoms with Crippen molar-refractivity contribution in [1.82, 2.24) is 5.32 Å². The summed E-state index contributed by atoms with van der Waals surface area (Å²) in [7, 11) is 0. The van der Waals surface area contributed by atoms with E-state index in [9.17, 15) is 0 Å². The van der Waals surface area contributed by atoms with E-state index in [-0.39, 0.29) is 0 Å². The lowest BCUT2D eigenvalue weighted by molar-refractivity contribution is 0.376. The highest BCUT2D eigenvalue weighted by Gasteiger charge is 2.36. The second-order valence-electron chi connectivity index (χ2n) is 6.40. The van der Waals surface area contributed by atoms with Crippen LogP contribution in [0.5, 0.6) is 0 Å². The van der Waals surface area contributed by atoms with E-state index in [1.54, 1.807) is 0 Å². The predicted molar refractivity (Wildman–Crippen MR) is 77.8 cm³/mol. The topological polar surface area (TPSA) is 24.4 Å². The maximum atomic E-state index is 4.93. The summed E-state index contributed by atoms with van der Waals surface area (Å²) >= 11 is 1.92. The smallest absolute Gasteiger partial charge is 0.157 e. The van der Waals surface area contributed by atoms with Gasteiger partial charge in [-0.3, -0.25) is 4.99 Å². The normalized spacial score (nSPS) is 32.9. The van der Waals surface area contributed by atoms with Crippen LogP contribution in [0, 0.1) is 5.41 Å². The number of hydrogen-bond donors (Lipinski definition) is 1. The Morgan fingerprint density at radius 2 is 2.06 bits per heavy atom. The van der Waals surface area contributed by atoms with Crippen LogP contribution in [0.1, 0.15) is 59.8 Å². The molecule has 0 aromatic carbocycles. The maximum absolute atomic E-state index is 4.93. The van der Waals surface area contributed by atoms with Crippen molar-refractivity contribution in [3.05, 3.63) is 0 Å². The van der Waals surface area contributed by atoms with E-state index in [2.05, 4.69) is 33.0 Å². The van der Waals surface area contributed by atoms with Crippen LogP contribution in [0.3, 0.4) is 0 Å². The first kappa shape index (κ1) is 13.3. The van der Waals surface area contributed by atoms with Gasteiger partial charge in [-0.1, -0.05) is 39.5 Å². The molecule has 0 amide bonds. The van der Waals surface area contributed by atoms with Crippen LogP contribution >= 0.6 is 11.8 Å². The molecular weight excluding hydrogens is 228 g/mol. The summed E-state index contributed by atoms with van der Waals surface area (Å²) in [5.74, 6) is 1.19. The molecule has 0 spiro atoms. The SMILES string of the molecule is CCC1(CC)CSC(=NC2CCC(C)(C)C2)N1. The molecule has 0 radical (unpaired) electrons. The van der Waals surface area contributed by atoms with Gasteiger partial charge in [0.15, 0.2) is 5.17 Å². The van der Waals surface area contributed by atoms with E-state index in [1.807, 2.05) is 11.8 Å². The van der Waals surface area contributed by atoms with Crippen molar-refractivity contribution in [2.75, 3.05) is 5.75 Å². The Labute approximate surface area is 110 Å². The second kappa shape index (κ2) is 4.83. The largest absolute Gasteiger partial charge is 0.359 e. The molecule has 1 saturated carbocycles. The van der Waals surface area contributed by atoms with Crippen LogP contribution in [-0.4, -0.2) is 22.5 Å². The number of amidine groups is 1. The molecule has 98 valence electrons. The third-order valence-electron chi connectivity index (χ3n) is 4.45. The molecule has 0 aromatic rings. The van der Waals surface area contributed by atoms with Crippen molar-refractivity contribution in [2.45, 2.75) is 71.4 Å². The van der Waals surface area contributed by atoms with E-state index in [0.29, 0.717) is 17.0 Å². The zero-order chi connectivity index (χ0) is 12.5. The highest BCUT2D eigenvalue weighted by molar-refractivity contribution is 8.14. The van der Waals surface area contributed by atoms with Gasteiger partial charge in [0, 0.05) is 11.3 Å². The second-order valence-corrected chi connectivity index (χ2v) is 7.36. The van der Waals surface area contributed by atoms with Crippen LogP contribution in [0.15, 0.2) is 4.99 Å². The van der Waals surface area contributed by atoms with E-state index >= 15 is 0 Å². The van der Waals surface area contributed by atoms with Gasteiger partial charge in [-0.15, -0.1) is 0 Å². The fraction of sp³-hybridized carbons (Fsp3) is 0.929. The van der Waals surface area contributed by atoms with E-state index in [0.717, 1.165) is 0 Å². The first-order chi connectivity index (χ1) is 7.99. The van der Waals surface area contributed by atoms with Crippen molar-refractivity contribution < 1.29 is 0 Å². The van der Waals surface area contributed by atoms with Crippen molar-refractivity contribution in [1.29, 1.82) is 0 Å². The molecule has 1 heterocycles. The number of nitrogens with zero attached hydrogens (tertiary/aromatic N) is 1. The fourth-order valence-electron chi connectivity index (χ4n) is 2.88. The first-order valence-electron chi connectivity index (χ1n) is 6.97. The molecule has 3 heteroatoms. The summed E-state index contributed by atoms with van der Waals surface area (Å²) in [6.45, 7) is 9.28. The number of aliphatic imine (C=N–C) groups is 1. The zero-order valence-electron chi connectivity index (χ0n) is 11.7. The minimum atomic E-state index is 0.317. The van der Waals surface area contributed by atoms with E-state index < -0.39 is 0 Å². The third-order valence-corrected chi connectivity index (χ3v) is 5.63. The molecule has 2 aliphatic rings. The van der Waals surface area contributed by atoms with Crippen molar-refractivity contribution >= 4 is 16.9 Å². The van der Waals surface area contributed by atoms with Gasteiger partial charge in [0.1, 0.15) is 0 Å². The van der Waals surface area contributed by atoms with E-state index in [1.165, 1.54) is 43.0 Å². The Morgan fingerprint density at radius 3 is 2.53 bits per heavy atom. The van der Waals surface area contributed by atoms with Crippen molar-refractivity contribution in [3.63, 3.8) is 0 Å². The number of hydrogen-bond acceptors (Lipinski definition) is 2. The van der Waals surface area contributed by atoms with Crippen LogP contribution in [0.25, 0.3) is 0 Å². The lowest BCUT2D eigenvalue weighted by Gasteiger charge is -2.25. The summed E-state index contributed by atoms with van der Waals surface area (Å²) in [5, 5.41) is 4.88. The Morgan fingerprint density at radius 1 is 1.35 bits per heavy atom. The van der Waals surface area contributed by atoms with Crippen molar-refractivity contribution in [3.8, 4) is 0 Å². The Bertz CT molecular complexity index is 305. The summed E-state index contributed by atoms with van der Waals surface area (Å²) in [5.41, 5.74) is 0.822. The molecular formula is C14H26N2S. The highest BCUT2D eigenvalue weighted by atomic mass is 32.2. The van der Waals surface area contributed by atoms with Crippen LogP contribution in [0.2, 0.25) is 0 Å². The summed E-state index contributed by atoms with van der Waals surface area (Å²) in [4.78, 5) is 4.93. The Kier molecular flexibility index (Phi) is 3.77. The lowest BCUT2D eigenvalue weighted by atomic mass is 9.92. The predicted octanol–water partition coefficient (Wildman–Crippen LogP) is 3.82. The maximum Gasteiger partial charge on any atom is 0.157 e. The quantitative estimate of drug-likeness (QED) is 0.828. The molecule has 2 nitrogen and oxygen atoms in total. The van der Waals surface area contributed by atoms with Crippen LogP contribution in [0.4, 0.5) is 0 Å². The Hall–Kier alpha value is -0.180. The van der Waals surface area contributed by atoms with Gasteiger partial charge in [-0.05, 0) is 37.5 Å². The Balaban J connectivity index is 1.97. The van der Waals surface area contributed by atoms with Crippen LogP contribution < -0.4 is 5.32 Å². The van der Waals surface area contributed by atoms with Gasteiger partial charge in [0.25, 0.3) is 0 Å². The molecule has 1 atom stereocenters. The van der Waals surface area contributed by atoms with Crippen molar-refractivity contribution in [2.24, 2.45) is 10.4 Å². The first-order valence-corrected chi connectivity index (χ1v) is 7.96. The standard InChI is InChI=1S/C14H26N2S/c1-5-14(6-2)10-17-12(16-14)15-11-7-8-13(3,4)9-11/h11H,5-10H2,1-4H3,(H,15,16). The van der Waals surface area contributed by atoms with Gasteiger partial charge in [0.2, 0.25) is 0 Å². The molecule has 1 aliphatic heterocycles. The fourth-order valence-corrected chi connectivity index (χ4v) is 4.29. The van der Waals surface area contributed by atoms with Gasteiger partial charge >= 0.3 is 0 Å². The number of thioether (sulfide) groups is 1. The molecule has 1 aliphatic carbocycles. The average Bonchev–Trinajstić information content (AvgIpc) is 2.84. The summed E-state index contributed by atoms with van der Waals surface area (Å²) in [6.07, 6.45) is 6.25. The monoisotopic (exact) mass is 254 g/mol. The van der Waals surface area contributed by atoms with Gasteiger partial charge < -0.3 is 5.32 Å². The molecule has 17 heavy (non-hydrogen) atoms. The number of rotatable bonds is 3. The van der Waals surface area contributed by atoms with Crippen LogP contribution in [-0.2, 0) is 0 Å². The third kappa shape index (κ3) is 2.98. The minimum Gasteiger partial charge on any atom is -0.359 e. The molecule has 2 rings (SSSR count). The van der Waals surface area contributed by atoms with E-state index in [4.69, 9.17) is 4.99 Å². The molecule has 0 aromatic heterocycles. The lowest BCUT2D eigenvalue weighted by Crippen LogP contribution is -2.42.